The van der Waals surface area contributed by atoms with Crippen LogP contribution in [0, 0.1) is 0 Å². The number of hydrogen-bond acceptors (Lipinski definition) is 3. The SMILES string of the molecule is CCN1CCCC(n2ccnc2-c2ccc3cc(Cl)ccc3n2)C1. The summed E-state index contributed by atoms with van der Waals surface area (Å²) >= 11 is 6.06. The molecule has 0 spiro atoms. The van der Waals surface area contributed by atoms with Crippen molar-refractivity contribution in [2.75, 3.05) is 19.6 Å². The van der Waals surface area contributed by atoms with Gasteiger partial charge in [0, 0.05) is 35.4 Å². The van der Waals surface area contributed by atoms with Crippen LogP contribution in [0.2, 0.25) is 5.02 Å². The number of nitrogens with zero attached hydrogens (tertiary/aromatic N) is 4. The molecular formula is C19H21ClN4. The summed E-state index contributed by atoms with van der Waals surface area (Å²) in [5.74, 6) is 0.954. The minimum atomic E-state index is 0.471. The van der Waals surface area contributed by atoms with Crippen LogP contribution in [0.3, 0.4) is 0 Å². The third-order valence-corrected chi connectivity index (χ3v) is 5.11. The Balaban J connectivity index is 1.70. The molecule has 1 atom stereocenters. The number of benzene rings is 1. The minimum Gasteiger partial charge on any atom is -0.325 e. The molecule has 1 aliphatic rings. The van der Waals surface area contributed by atoms with E-state index in [0.717, 1.165) is 40.5 Å². The first-order valence-corrected chi connectivity index (χ1v) is 8.94. The maximum absolute atomic E-state index is 6.06. The maximum Gasteiger partial charge on any atom is 0.158 e. The Labute approximate surface area is 147 Å². The zero-order chi connectivity index (χ0) is 16.5. The fraction of sp³-hybridized carbons (Fsp3) is 0.368. The lowest BCUT2D eigenvalue weighted by molar-refractivity contribution is 0.186. The standard InChI is InChI=1S/C19H21ClN4/c1-2-23-10-3-4-16(13-23)24-11-9-21-19(24)18-7-5-14-12-15(20)6-8-17(14)22-18/h5-9,11-12,16H,2-4,10,13H2,1H3. The molecule has 4 rings (SSSR count). The molecule has 5 heteroatoms. The molecule has 0 aliphatic carbocycles. The van der Waals surface area contributed by atoms with Gasteiger partial charge in [0.1, 0.15) is 5.69 Å². The summed E-state index contributed by atoms with van der Waals surface area (Å²) in [6.45, 7) is 5.62. The van der Waals surface area contributed by atoms with Gasteiger partial charge in [-0.05, 0) is 50.2 Å². The molecule has 1 unspecified atom stereocenters. The monoisotopic (exact) mass is 340 g/mol. The van der Waals surface area contributed by atoms with Gasteiger partial charge in [0.15, 0.2) is 5.82 Å². The predicted octanol–water partition coefficient (Wildman–Crippen LogP) is 4.41. The second kappa shape index (κ2) is 6.54. The predicted molar refractivity (Wildman–Crippen MR) is 98.4 cm³/mol. The molecule has 0 N–H and O–H groups in total. The summed E-state index contributed by atoms with van der Waals surface area (Å²) in [5, 5.41) is 1.79. The number of pyridine rings is 1. The van der Waals surface area contributed by atoms with E-state index in [1.807, 2.05) is 30.5 Å². The zero-order valence-corrected chi connectivity index (χ0v) is 14.6. The van der Waals surface area contributed by atoms with Gasteiger partial charge < -0.3 is 9.47 Å². The molecule has 1 fully saturated rings. The smallest absolute Gasteiger partial charge is 0.158 e. The van der Waals surface area contributed by atoms with E-state index in [0.29, 0.717) is 6.04 Å². The first-order valence-electron chi connectivity index (χ1n) is 8.56. The molecule has 2 aromatic heterocycles. The van der Waals surface area contributed by atoms with Gasteiger partial charge in [-0.1, -0.05) is 24.6 Å². The Bertz CT molecular complexity index is 857. The fourth-order valence-corrected chi connectivity index (χ4v) is 3.75. The number of piperidine rings is 1. The molecule has 1 aliphatic heterocycles. The number of aromatic nitrogens is 3. The Morgan fingerprint density at radius 2 is 2.17 bits per heavy atom. The number of likely N-dealkylation sites (N-methyl/N-ethyl adjacent to an activating group) is 1. The van der Waals surface area contributed by atoms with Gasteiger partial charge in [0.2, 0.25) is 0 Å². The number of likely N-dealkylation sites (tertiary alicyclic amines) is 1. The first-order chi connectivity index (χ1) is 11.7. The zero-order valence-electron chi connectivity index (χ0n) is 13.8. The van der Waals surface area contributed by atoms with Gasteiger partial charge in [-0.25, -0.2) is 9.97 Å². The Hall–Kier alpha value is -1.91. The van der Waals surface area contributed by atoms with Crippen LogP contribution in [0.4, 0.5) is 0 Å². The van der Waals surface area contributed by atoms with E-state index in [2.05, 4.69) is 33.6 Å². The molecule has 0 amide bonds. The topological polar surface area (TPSA) is 34.0 Å². The van der Waals surface area contributed by atoms with Crippen LogP contribution < -0.4 is 0 Å². The van der Waals surface area contributed by atoms with Crippen molar-refractivity contribution >= 4 is 22.5 Å². The van der Waals surface area contributed by atoms with Crippen molar-refractivity contribution < 1.29 is 0 Å². The number of imidazole rings is 1. The molecule has 0 radical (unpaired) electrons. The van der Waals surface area contributed by atoms with Crippen molar-refractivity contribution in [1.29, 1.82) is 0 Å². The average molecular weight is 341 g/mol. The molecule has 4 nitrogen and oxygen atoms in total. The average Bonchev–Trinajstić information content (AvgIpc) is 3.11. The van der Waals surface area contributed by atoms with Crippen LogP contribution in [-0.4, -0.2) is 39.1 Å². The number of hydrogen-bond donors (Lipinski definition) is 0. The highest BCUT2D eigenvalue weighted by Crippen LogP contribution is 2.28. The van der Waals surface area contributed by atoms with Gasteiger partial charge in [-0.3, -0.25) is 0 Å². The minimum absolute atomic E-state index is 0.471. The van der Waals surface area contributed by atoms with E-state index < -0.39 is 0 Å². The summed E-state index contributed by atoms with van der Waals surface area (Å²) in [6, 6.07) is 10.4. The second-order valence-electron chi connectivity index (χ2n) is 6.38. The summed E-state index contributed by atoms with van der Waals surface area (Å²) in [7, 11) is 0. The van der Waals surface area contributed by atoms with Crippen LogP contribution in [0.15, 0.2) is 42.7 Å². The van der Waals surface area contributed by atoms with Crippen LogP contribution >= 0.6 is 11.6 Å². The number of fused-ring (bicyclic) bond motifs is 1. The highest BCUT2D eigenvalue weighted by atomic mass is 35.5. The normalized spacial score (nSPS) is 19.0. The Kier molecular flexibility index (Phi) is 4.25. The first kappa shape index (κ1) is 15.6. The quantitative estimate of drug-likeness (QED) is 0.708. The fourth-order valence-electron chi connectivity index (χ4n) is 3.57. The van der Waals surface area contributed by atoms with Gasteiger partial charge in [-0.15, -0.1) is 0 Å². The van der Waals surface area contributed by atoms with Gasteiger partial charge in [0.25, 0.3) is 0 Å². The van der Waals surface area contributed by atoms with E-state index in [1.165, 1.54) is 19.4 Å². The molecule has 3 aromatic rings. The highest BCUT2D eigenvalue weighted by Gasteiger charge is 2.22. The van der Waals surface area contributed by atoms with E-state index in [9.17, 15) is 0 Å². The number of rotatable bonds is 3. The van der Waals surface area contributed by atoms with Gasteiger partial charge >= 0.3 is 0 Å². The molecule has 1 saturated heterocycles. The van der Waals surface area contributed by atoms with Crippen LogP contribution in [0.5, 0.6) is 0 Å². The van der Waals surface area contributed by atoms with Crippen LogP contribution in [0.25, 0.3) is 22.4 Å². The molecule has 0 saturated carbocycles. The lowest BCUT2D eigenvalue weighted by atomic mass is 10.1. The Morgan fingerprint density at radius 3 is 3.04 bits per heavy atom. The van der Waals surface area contributed by atoms with Gasteiger partial charge in [-0.2, -0.15) is 0 Å². The molecule has 0 bridgehead atoms. The van der Waals surface area contributed by atoms with E-state index in [1.54, 1.807) is 0 Å². The summed E-state index contributed by atoms with van der Waals surface area (Å²) in [5.41, 5.74) is 1.87. The van der Waals surface area contributed by atoms with E-state index in [4.69, 9.17) is 16.6 Å². The lowest BCUT2D eigenvalue weighted by Gasteiger charge is -2.33. The maximum atomic E-state index is 6.06. The van der Waals surface area contributed by atoms with Crippen molar-refractivity contribution in [3.63, 3.8) is 0 Å². The van der Waals surface area contributed by atoms with Crippen molar-refractivity contribution in [1.82, 2.24) is 19.4 Å². The molecule has 124 valence electrons. The summed E-state index contributed by atoms with van der Waals surface area (Å²) < 4.78 is 2.30. The van der Waals surface area contributed by atoms with Crippen molar-refractivity contribution in [3.8, 4) is 11.5 Å². The van der Waals surface area contributed by atoms with Crippen molar-refractivity contribution in [3.05, 3.63) is 47.7 Å². The molecule has 1 aromatic carbocycles. The van der Waals surface area contributed by atoms with Crippen LogP contribution in [0.1, 0.15) is 25.8 Å². The number of halogens is 1. The van der Waals surface area contributed by atoms with Gasteiger partial charge in [0.05, 0.1) is 5.52 Å². The largest absolute Gasteiger partial charge is 0.325 e. The van der Waals surface area contributed by atoms with Crippen molar-refractivity contribution in [2.24, 2.45) is 0 Å². The second-order valence-corrected chi connectivity index (χ2v) is 6.82. The summed E-state index contributed by atoms with van der Waals surface area (Å²) in [4.78, 5) is 11.9. The highest BCUT2D eigenvalue weighted by molar-refractivity contribution is 6.31. The van der Waals surface area contributed by atoms with Crippen LogP contribution in [-0.2, 0) is 0 Å². The molecule has 3 heterocycles. The van der Waals surface area contributed by atoms with Crippen molar-refractivity contribution in [2.45, 2.75) is 25.8 Å². The third kappa shape index (κ3) is 2.92. The lowest BCUT2D eigenvalue weighted by Crippen LogP contribution is -2.36. The molecular weight excluding hydrogens is 320 g/mol. The summed E-state index contributed by atoms with van der Waals surface area (Å²) in [6.07, 6.45) is 6.41. The molecule has 24 heavy (non-hydrogen) atoms. The Morgan fingerprint density at radius 1 is 1.25 bits per heavy atom. The van der Waals surface area contributed by atoms with E-state index in [-0.39, 0.29) is 0 Å². The van der Waals surface area contributed by atoms with E-state index >= 15 is 0 Å². The third-order valence-electron chi connectivity index (χ3n) is 4.87.